The molecule has 0 aromatic heterocycles. The molecule has 36 heavy (non-hydrogen) atoms. The molecule has 0 amide bonds. The fourth-order valence-electron chi connectivity index (χ4n) is 4.60. The summed E-state index contributed by atoms with van der Waals surface area (Å²) in [5.41, 5.74) is -2.02. The Morgan fingerprint density at radius 3 is 2.08 bits per heavy atom. The third-order valence-corrected chi connectivity index (χ3v) is 6.58. The highest BCUT2D eigenvalue weighted by atomic mass is 32.1. The molecule has 0 bridgehead atoms. The van der Waals surface area contributed by atoms with Crippen LogP contribution in [0.4, 0.5) is 32.0 Å². The van der Waals surface area contributed by atoms with Crippen LogP contribution in [0.25, 0.3) is 10.8 Å². The number of nitrogens with one attached hydrogen (secondary N) is 3. The van der Waals surface area contributed by atoms with Gasteiger partial charge in [-0.2, -0.15) is 26.3 Å². The topological polar surface area (TPSA) is 36.1 Å². The Balaban J connectivity index is 1.44. The van der Waals surface area contributed by atoms with Crippen LogP contribution in [0.5, 0.6) is 0 Å². The second-order valence-corrected chi connectivity index (χ2v) is 9.32. The minimum atomic E-state index is -4.92. The standard InChI is InChI=1S/C26H25F6N3S/c27-25(28,29)18-12-19(26(30,31)32)14-20(13-18)34-24(36)35-23-11-4-3-10-22(23)33-15-17-8-5-7-16-6-1-2-9-21(16)17/h1-2,5-9,12-14,22-23,33H,3-4,10-11,15H2,(H2,34,35,36)/t22-,23-/m1/s1. The van der Waals surface area contributed by atoms with Crippen molar-refractivity contribution in [3.8, 4) is 0 Å². The van der Waals surface area contributed by atoms with E-state index in [-0.39, 0.29) is 28.9 Å². The third kappa shape index (κ3) is 6.47. The SMILES string of the molecule is FC(F)(F)c1cc(NC(=S)N[C@@H]2CCCC[C@H]2NCc2cccc3ccccc23)cc(C(F)(F)F)c1. The minimum absolute atomic E-state index is 0.0219. The summed E-state index contributed by atoms with van der Waals surface area (Å²) in [6.45, 7) is 0.618. The second kappa shape index (κ2) is 10.6. The molecule has 3 aromatic carbocycles. The summed E-state index contributed by atoms with van der Waals surface area (Å²) in [5.74, 6) is 0. The van der Waals surface area contributed by atoms with E-state index >= 15 is 0 Å². The van der Waals surface area contributed by atoms with Gasteiger partial charge in [0.25, 0.3) is 0 Å². The van der Waals surface area contributed by atoms with E-state index in [0.29, 0.717) is 18.7 Å². The molecule has 0 aliphatic heterocycles. The summed E-state index contributed by atoms with van der Waals surface area (Å²) in [4.78, 5) is 0. The van der Waals surface area contributed by atoms with E-state index in [9.17, 15) is 26.3 Å². The van der Waals surface area contributed by atoms with Gasteiger partial charge in [0.15, 0.2) is 5.11 Å². The van der Waals surface area contributed by atoms with Crippen LogP contribution in [-0.4, -0.2) is 17.2 Å². The summed E-state index contributed by atoms with van der Waals surface area (Å²) in [6, 6.07) is 15.4. The molecule has 0 saturated heterocycles. The summed E-state index contributed by atoms with van der Waals surface area (Å²) in [7, 11) is 0. The molecule has 0 unspecified atom stereocenters. The lowest BCUT2D eigenvalue weighted by molar-refractivity contribution is -0.143. The van der Waals surface area contributed by atoms with Crippen LogP contribution in [0.2, 0.25) is 0 Å². The van der Waals surface area contributed by atoms with Crippen molar-refractivity contribution in [2.24, 2.45) is 0 Å². The first-order valence-corrected chi connectivity index (χ1v) is 12.0. The number of benzene rings is 3. The molecule has 3 nitrogen and oxygen atoms in total. The highest BCUT2D eigenvalue weighted by molar-refractivity contribution is 7.80. The van der Waals surface area contributed by atoms with E-state index in [4.69, 9.17) is 12.2 Å². The maximum atomic E-state index is 13.2. The van der Waals surface area contributed by atoms with Gasteiger partial charge in [0, 0.05) is 24.3 Å². The van der Waals surface area contributed by atoms with Crippen molar-refractivity contribution in [1.82, 2.24) is 10.6 Å². The molecular formula is C26H25F6N3S. The average molecular weight is 526 g/mol. The first-order chi connectivity index (χ1) is 17.0. The number of alkyl halides is 6. The molecule has 2 atom stereocenters. The van der Waals surface area contributed by atoms with Crippen LogP contribution in [0.15, 0.2) is 60.7 Å². The lowest BCUT2D eigenvalue weighted by Gasteiger charge is -2.34. The Labute approximate surface area is 210 Å². The molecule has 10 heteroatoms. The number of thiocarbonyl (C=S) groups is 1. The van der Waals surface area contributed by atoms with Crippen LogP contribution >= 0.6 is 12.2 Å². The normalized spacial score (nSPS) is 18.7. The van der Waals surface area contributed by atoms with Gasteiger partial charge in [-0.25, -0.2) is 0 Å². The maximum Gasteiger partial charge on any atom is 0.416 e. The predicted octanol–water partition coefficient (Wildman–Crippen LogP) is 7.26. The summed E-state index contributed by atoms with van der Waals surface area (Å²) in [5, 5.41) is 11.5. The van der Waals surface area contributed by atoms with Crippen LogP contribution < -0.4 is 16.0 Å². The van der Waals surface area contributed by atoms with Gasteiger partial charge >= 0.3 is 12.4 Å². The van der Waals surface area contributed by atoms with Gasteiger partial charge in [-0.15, -0.1) is 0 Å². The molecule has 0 radical (unpaired) electrons. The molecule has 1 aliphatic carbocycles. The molecule has 1 saturated carbocycles. The van der Waals surface area contributed by atoms with Crippen molar-refractivity contribution in [2.45, 2.75) is 56.7 Å². The number of hydrogen-bond donors (Lipinski definition) is 3. The van der Waals surface area contributed by atoms with Crippen molar-refractivity contribution in [3.05, 3.63) is 77.4 Å². The Bertz CT molecular complexity index is 1190. The first kappa shape index (κ1) is 26.2. The average Bonchev–Trinajstić information content (AvgIpc) is 2.82. The molecule has 0 spiro atoms. The van der Waals surface area contributed by atoms with E-state index < -0.39 is 23.5 Å². The van der Waals surface area contributed by atoms with Gasteiger partial charge in [0.05, 0.1) is 11.1 Å². The Kier molecular flexibility index (Phi) is 7.75. The largest absolute Gasteiger partial charge is 0.416 e. The molecule has 4 rings (SSSR count). The van der Waals surface area contributed by atoms with E-state index in [2.05, 4.69) is 28.1 Å². The van der Waals surface area contributed by atoms with Crippen LogP contribution in [0.1, 0.15) is 42.4 Å². The molecule has 1 aliphatic rings. The summed E-state index contributed by atoms with van der Waals surface area (Å²) in [6.07, 6.45) is -6.26. The van der Waals surface area contributed by atoms with Crippen LogP contribution in [0.3, 0.4) is 0 Å². The van der Waals surface area contributed by atoms with Gasteiger partial charge in [0.2, 0.25) is 0 Å². The van der Waals surface area contributed by atoms with Gasteiger partial charge < -0.3 is 16.0 Å². The Hall–Kier alpha value is -2.85. The first-order valence-electron chi connectivity index (χ1n) is 11.6. The van der Waals surface area contributed by atoms with Crippen molar-refractivity contribution < 1.29 is 26.3 Å². The van der Waals surface area contributed by atoms with E-state index in [1.165, 1.54) is 0 Å². The molecule has 3 aromatic rings. The smallest absolute Gasteiger partial charge is 0.358 e. The van der Waals surface area contributed by atoms with Crippen LogP contribution in [0, 0.1) is 0 Å². The summed E-state index contributed by atoms with van der Waals surface area (Å²) < 4.78 is 79.0. The van der Waals surface area contributed by atoms with Gasteiger partial charge in [-0.05, 0) is 59.6 Å². The third-order valence-electron chi connectivity index (χ3n) is 6.36. The number of hydrogen-bond acceptors (Lipinski definition) is 2. The zero-order valence-corrected chi connectivity index (χ0v) is 20.0. The molecule has 1 fully saturated rings. The van der Waals surface area contributed by atoms with E-state index in [1.807, 2.05) is 30.3 Å². The van der Waals surface area contributed by atoms with E-state index in [1.54, 1.807) is 0 Å². The van der Waals surface area contributed by atoms with Gasteiger partial charge in [-0.3, -0.25) is 0 Å². The predicted molar refractivity (Wildman–Crippen MR) is 133 cm³/mol. The fourth-order valence-corrected chi connectivity index (χ4v) is 4.87. The highest BCUT2D eigenvalue weighted by Gasteiger charge is 2.37. The molecular weight excluding hydrogens is 500 g/mol. The fraction of sp³-hybridized carbons (Fsp3) is 0.346. The number of fused-ring (bicyclic) bond motifs is 1. The van der Waals surface area contributed by atoms with Crippen molar-refractivity contribution in [2.75, 3.05) is 5.32 Å². The summed E-state index contributed by atoms with van der Waals surface area (Å²) >= 11 is 5.27. The van der Waals surface area contributed by atoms with Crippen LogP contribution in [-0.2, 0) is 18.9 Å². The van der Waals surface area contributed by atoms with Crippen molar-refractivity contribution in [1.29, 1.82) is 0 Å². The minimum Gasteiger partial charge on any atom is -0.358 e. The molecule has 0 heterocycles. The zero-order chi connectivity index (χ0) is 25.9. The Morgan fingerprint density at radius 2 is 1.42 bits per heavy atom. The van der Waals surface area contributed by atoms with Gasteiger partial charge in [0.1, 0.15) is 0 Å². The number of anilines is 1. The quantitative estimate of drug-likeness (QED) is 0.242. The van der Waals surface area contributed by atoms with Crippen molar-refractivity contribution >= 4 is 33.8 Å². The highest BCUT2D eigenvalue weighted by Crippen LogP contribution is 2.37. The van der Waals surface area contributed by atoms with Gasteiger partial charge in [-0.1, -0.05) is 55.3 Å². The monoisotopic (exact) mass is 525 g/mol. The van der Waals surface area contributed by atoms with E-state index in [0.717, 1.165) is 42.0 Å². The molecule has 192 valence electrons. The molecule has 3 N–H and O–H groups in total. The lowest BCUT2D eigenvalue weighted by atomic mass is 9.90. The number of halogens is 6. The zero-order valence-electron chi connectivity index (χ0n) is 19.1. The lowest BCUT2D eigenvalue weighted by Crippen LogP contribution is -2.52. The van der Waals surface area contributed by atoms with Crippen molar-refractivity contribution in [3.63, 3.8) is 0 Å². The second-order valence-electron chi connectivity index (χ2n) is 8.91. The Morgan fingerprint density at radius 1 is 0.806 bits per heavy atom. The maximum absolute atomic E-state index is 13.2. The number of rotatable bonds is 5.